The number of fused-ring (bicyclic) bond motifs is 1. The molecule has 2 rings (SSSR count). The minimum absolute atomic E-state index is 0.150. The number of carbonyl (C=O) groups excluding carboxylic acids is 1. The highest BCUT2D eigenvalue weighted by molar-refractivity contribution is 5.88. The normalized spacial score (nSPS) is 14.4. The number of methoxy groups -OCH3 is 1. The fourth-order valence-corrected chi connectivity index (χ4v) is 1.71. The van der Waals surface area contributed by atoms with Gasteiger partial charge in [0.25, 0.3) is 6.43 Å². The van der Waals surface area contributed by atoms with Crippen molar-refractivity contribution >= 4 is 11.8 Å². The van der Waals surface area contributed by atoms with Crippen LogP contribution in [0, 0.1) is 0 Å². The molecule has 1 aromatic rings. The summed E-state index contributed by atoms with van der Waals surface area (Å²) in [7, 11) is 1.25. The summed E-state index contributed by atoms with van der Waals surface area (Å²) in [4.78, 5) is 12.7. The molecule has 5 nitrogen and oxygen atoms in total. The predicted molar refractivity (Wildman–Crippen MR) is 51.8 cm³/mol. The summed E-state index contributed by atoms with van der Waals surface area (Å²) in [6.45, 7) is 0.666. The third kappa shape index (κ3) is 1.84. The summed E-state index contributed by atoms with van der Waals surface area (Å²) in [6, 6.07) is 1.47. The van der Waals surface area contributed by atoms with Crippen molar-refractivity contribution in [3.63, 3.8) is 0 Å². The fourth-order valence-electron chi connectivity index (χ4n) is 1.71. The first-order chi connectivity index (χ1) is 7.61. The molecule has 0 atom stereocenters. The summed E-state index contributed by atoms with van der Waals surface area (Å²) < 4.78 is 30.5. The van der Waals surface area contributed by atoms with Gasteiger partial charge >= 0.3 is 5.97 Å². The highest BCUT2D eigenvalue weighted by atomic mass is 19.3. The number of halogens is 2. The largest absolute Gasteiger partial charge is 0.464 e. The van der Waals surface area contributed by atoms with Crippen LogP contribution in [0.25, 0.3) is 0 Å². The second-order valence-corrected chi connectivity index (χ2v) is 3.44. The predicted octanol–water partition coefficient (Wildman–Crippen LogP) is 0.755. The standard InChI is InChI=1S/C9H11F2N3O2/c1-16-9(15)6-4-8-13(5-7(10)11)2-3-14(8)12-6/h4,7H,2-3,5H2,1H3. The molecule has 0 spiro atoms. The molecule has 2 heterocycles. The first-order valence-corrected chi connectivity index (χ1v) is 4.81. The topological polar surface area (TPSA) is 47.4 Å². The van der Waals surface area contributed by atoms with Crippen LogP contribution in [0.2, 0.25) is 0 Å². The van der Waals surface area contributed by atoms with E-state index in [0.29, 0.717) is 18.9 Å². The number of ether oxygens (including phenoxy) is 1. The number of alkyl halides is 2. The lowest BCUT2D eigenvalue weighted by Crippen LogP contribution is -2.26. The molecule has 16 heavy (non-hydrogen) atoms. The highest BCUT2D eigenvalue weighted by Gasteiger charge is 2.25. The first kappa shape index (κ1) is 10.8. The van der Waals surface area contributed by atoms with Crippen LogP contribution in [-0.4, -0.2) is 42.4 Å². The van der Waals surface area contributed by atoms with Crippen molar-refractivity contribution in [2.45, 2.75) is 13.0 Å². The second-order valence-electron chi connectivity index (χ2n) is 3.44. The zero-order valence-corrected chi connectivity index (χ0v) is 8.69. The van der Waals surface area contributed by atoms with Crippen molar-refractivity contribution in [1.82, 2.24) is 9.78 Å². The van der Waals surface area contributed by atoms with Crippen molar-refractivity contribution in [2.24, 2.45) is 0 Å². The van der Waals surface area contributed by atoms with E-state index >= 15 is 0 Å². The monoisotopic (exact) mass is 231 g/mol. The van der Waals surface area contributed by atoms with Crippen molar-refractivity contribution < 1.29 is 18.3 Å². The van der Waals surface area contributed by atoms with E-state index in [1.165, 1.54) is 22.8 Å². The average Bonchev–Trinajstić information content (AvgIpc) is 2.78. The van der Waals surface area contributed by atoms with Gasteiger partial charge in [-0.2, -0.15) is 5.10 Å². The molecule has 0 radical (unpaired) electrons. The van der Waals surface area contributed by atoms with E-state index in [4.69, 9.17) is 0 Å². The van der Waals surface area contributed by atoms with Crippen LogP contribution in [0.5, 0.6) is 0 Å². The Balaban J connectivity index is 2.19. The number of nitrogens with zero attached hydrogens (tertiary/aromatic N) is 3. The maximum atomic E-state index is 12.2. The minimum atomic E-state index is -2.40. The number of hydrogen-bond acceptors (Lipinski definition) is 4. The Bertz CT molecular complexity index is 405. The third-order valence-corrected chi connectivity index (χ3v) is 2.42. The molecule has 0 unspecified atom stereocenters. The molecular weight excluding hydrogens is 220 g/mol. The van der Waals surface area contributed by atoms with Gasteiger partial charge in [-0.25, -0.2) is 18.3 Å². The summed E-state index contributed by atoms with van der Waals surface area (Å²) >= 11 is 0. The van der Waals surface area contributed by atoms with E-state index in [1.54, 1.807) is 0 Å². The molecule has 0 saturated carbocycles. The molecule has 1 aromatic heterocycles. The molecule has 0 N–H and O–H groups in total. The van der Waals surface area contributed by atoms with Crippen LogP contribution in [0.15, 0.2) is 6.07 Å². The number of carbonyl (C=O) groups is 1. The summed E-state index contributed by atoms with van der Waals surface area (Å²) in [5.74, 6) is -0.0143. The number of esters is 1. The van der Waals surface area contributed by atoms with Crippen LogP contribution >= 0.6 is 0 Å². The van der Waals surface area contributed by atoms with Gasteiger partial charge < -0.3 is 9.64 Å². The number of hydrogen-bond donors (Lipinski definition) is 0. The number of anilines is 1. The fraction of sp³-hybridized carbons (Fsp3) is 0.556. The molecule has 0 amide bonds. The van der Waals surface area contributed by atoms with Crippen LogP contribution in [-0.2, 0) is 11.3 Å². The molecular formula is C9H11F2N3O2. The molecule has 0 aliphatic carbocycles. The molecule has 7 heteroatoms. The van der Waals surface area contributed by atoms with E-state index < -0.39 is 12.4 Å². The van der Waals surface area contributed by atoms with Gasteiger partial charge in [-0.3, -0.25) is 0 Å². The minimum Gasteiger partial charge on any atom is -0.464 e. The van der Waals surface area contributed by atoms with Crippen molar-refractivity contribution in [3.05, 3.63) is 11.8 Å². The lowest BCUT2D eigenvalue weighted by Gasteiger charge is -2.15. The van der Waals surface area contributed by atoms with Crippen molar-refractivity contribution in [2.75, 3.05) is 25.1 Å². The maximum absolute atomic E-state index is 12.2. The lowest BCUT2D eigenvalue weighted by molar-refractivity contribution is 0.0593. The van der Waals surface area contributed by atoms with Crippen molar-refractivity contribution in [3.8, 4) is 0 Å². The van der Waals surface area contributed by atoms with Crippen LogP contribution in [0.4, 0.5) is 14.6 Å². The summed E-state index contributed by atoms with van der Waals surface area (Å²) in [6.07, 6.45) is -2.40. The van der Waals surface area contributed by atoms with E-state index in [-0.39, 0.29) is 12.2 Å². The Morgan fingerprint density at radius 2 is 2.38 bits per heavy atom. The Kier molecular flexibility index (Phi) is 2.76. The van der Waals surface area contributed by atoms with Gasteiger partial charge in [0.05, 0.1) is 20.2 Å². The highest BCUT2D eigenvalue weighted by Crippen LogP contribution is 2.23. The smallest absolute Gasteiger partial charge is 0.358 e. The quantitative estimate of drug-likeness (QED) is 0.720. The molecule has 1 aliphatic rings. The van der Waals surface area contributed by atoms with Gasteiger partial charge in [-0.1, -0.05) is 0 Å². The Morgan fingerprint density at radius 3 is 3.00 bits per heavy atom. The SMILES string of the molecule is COC(=O)c1cc2n(n1)CCN2CC(F)F. The van der Waals surface area contributed by atoms with Gasteiger partial charge in [-0.05, 0) is 0 Å². The van der Waals surface area contributed by atoms with E-state index in [2.05, 4.69) is 9.84 Å². The van der Waals surface area contributed by atoms with Gasteiger partial charge in [0.1, 0.15) is 5.82 Å². The van der Waals surface area contributed by atoms with Gasteiger partial charge in [-0.15, -0.1) is 0 Å². The van der Waals surface area contributed by atoms with E-state index in [0.717, 1.165) is 0 Å². The molecule has 0 saturated heterocycles. The third-order valence-electron chi connectivity index (χ3n) is 2.42. The van der Waals surface area contributed by atoms with Crippen LogP contribution < -0.4 is 4.90 Å². The van der Waals surface area contributed by atoms with Gasteiger partial charge in [0.2, 0.25) is 0 Å². The van der Waals surface area contributed by atoms with Crippen LogP contribution in [0.1, 0.15) is 10.5 Å². The average molecular weight is 231 g/mol. The second kappa shape index (κ2) is 4.07. The lowest BCUT2D eigenvalue weighted by atomic mass is 10.4. The Hall–Kier alpha value is -1.66. The summed E-state index contributed by atoms with van der Waals surface area (Å²) in [5.41, 5.74) is 0.150. The number of aromatic nitrogens is 2. The summed E-state index contributed by atoms with van der Waals surface area (Å²) in [5, 5.41) is 3.97. The number of rotatable bonds is 3. The molecule has 0 aromatic carbocycles. The van der Waals surface area contributed by atoms with Gasteiger partial charge in [0.15, 0.2) is 5.69 Å². The zero-order chi connectivity index (χ0) is 11.7. The Morgan fingerprint density at radius 1 is 1.62 bits per heavy atom. The van der Waals surface area contributed by atoms with E-state index in [9.17, 15) is 13.6 Å². The van der Waals surface area contributed by atoms with Gasteiger partial charge in [0, 0.05) is 12.6 Å². The molecule has 0 bridgehead atoms. The molecule has 0 fully saturated rings. The first-order valence-electron chi connectivity index (χ1n) is 4.81. The zero-order valence-electron chi connectivity index (χ0n) is 8.69. The maximum Gasteiger partial charge on any atom is 0.358 e. The molecule has 1 aliphatic heterocycles. The van der Waals surface area contributed by atoms with E-state index in [1.807, 2.05) is 0 Å². The van der Waals surface area contributed by atoms with Crippen LogP contribution in [0.3, 0.4) is 0 Å². The van der Waals surface area contributed by atoms with Crippen molar-refractivity contribution in [1.29, 1.82) is 0 Å². The molecule has 88 valence electrons. The Labute approximate surface area is 90.6 Å².